The van der Waals surface area contributed by atoms with Crippen molar-refractivity contribution in [3.05, 3.63) is 64.7 Å². The molecule has 0 saturated heterocycles. The van der Waals surface area contributed by atoms with Gasteiger partial charge in [-0.3, -0.25) is 0 Å². The Labute approximate surface area is 200 Å². The second kappa shape index (κ2) is 12.6. The number of benzene rings is 2. The van der Waals surface area contributed by atoms with Crippen LogP contribution in [0.25, 0.3) is 0 Å². The topological polar surface area (TPSA) is 50.1 Å². The van der Waals surface area contributed by atoms with Crippen molar-refractivity contribution in [3.8, 4) is 11.8 Å². The number of nitrogens with zero attached hydrogens (tertiary/aromatic N) is 1. The summed E-state index contributed by atoms with van der Waals surface area (Å²) in [6, 6.07) is 15.6. The van der Waals surface area contributed by atoms with Gasteiger partial charge in [0.1, 0.15) is 11.8 Å². The molecule has 2 aromatic carbocycles. The number of esters is 1. The molecular weight excluding hydrogens is 406 g/mol. The van der Waals surface area contributed by atoms with E-state index in [1.807, 2.05) is 24.3 Å². The Balaban J connectivity index is 1.57. The van der Waals surface area contributed by atoms with Crippen LogP contribution in [0.15, 0.2) is 42.5 Å². The number of ether oxygens (including phenoxy) is 1. The summed E-state index contributed by atoms with van der Waals surface area (Å²) in [5.41, 5.74) is 3.37. The van der Waals surface area contributed by atoms with Crippen LogP contribution in [-0.4, -0.2) is 5.97 Å². The van der Waals surface area contributed by atoms with Crippen LogP contribution in [0, 0.1) is 23.2 Å². The third-order valence-corrected chi connectivity index (χ3v) is 7.33. The highest BCUT2D eigenvalue weighted by Gasteiger charge is 2.22. The molecule has 1 saturated carbocycles. The average Bonchev–Trinajstić information content (AvgIpc) is 2.85. The van der Waals surface area contributed by atoms with Crippen LogP contribution < -0.4 is 4.74 Å². The first-order valence-electron chi connectivity index (χ1n) is 12.9. The molecule has 0 radical (unpaired) electrons. The second-order valence-corrected chi connectivity index (χ2v) is 9.88. The molecule has 176 valence electrons. The van der Waals surface area contributed by atoms with Gasteiger partial charge < -0.3 is 4.74 Å². The predicted octanol–water partition coefficient (Wildman–Crippen LogP) is 8.22. The van der Waals surface area contributed by atoms with Crippen molar-refractivity contribution in [1.82, 2.24) is 0 Å². The van der Waals surface area contributed by atoms with E-state index in [2.05, 4.69) is 39.0 Å². The quantitative estimate of drug-likeness (QED) is 0.210. The Morgan fingerprint density at radius 1 is 1.06 bits per heavy atom. The molecule has 0 aromatic heterocycles. The highest BCUT2D eigenvalue weighted by atomic mass is 16.5. The van der Waals surface area contributed by atoms with Crippen molar-refractivity contribution < 1.29 is 9.53 Å². The van der Waals surface area contributed by atoms with E-state index < -0.39 is 5.97 Å². The zero-order chi connectivity index (χ0) is 23.6. The van der Waals surface area contributed by atoms with Crippen LogP contribution >= 0.6 is 0 Å². The first-order chi connectivity index (χ1) is 16.0. The van der Waals surface area contributed by atoms with Crippen molar-refractivity contribution in [1.29, 1.82) is 5.26 Å². The Morgan fingerprint density at radius 2 is 1.79 bits per heavy atom. The summed E-state index contributed by atoms with van der Waals surface area (Å²) in [5.74, 6) is 1.97. The first-order valence-corrected chi connectivity index (χ1v) is 12.9. The summed E-state index contributed by atoms with van der Waals surface area (Å²) in [6.45, 7) is 6.63. The van der Waals surface area contributed by atoms with E-state index in [0.29, 0.717) is 28.7 Å². The maximum absolute atomic E-state index is 12.7. The van der Waals surface area contributed by atoms with Crippen LogP contribution in [0.5, 0.6) is 5.75 Å². The first kappa shape index (κ1) is 25.0. The lowest BCUT2D eigenvalue weighted by Gasteiger charge is -2.29. The van der Waals surface area contributed by atoms with E-state index in [4.69, 9.17) is 4.74 Å². The Bertz CT molecular complexity index is 933. The van der Waals surface area contributed by atoms with Crippen LogP contribution in [0.4, 0.5) is 0 Å². The molecule has 3 heteroatoms. The van der Waals surface area contributed by atoms with Gasteiger partial charge in [0.25, 0.3) is 0 Å². The second-order valence-electron chi connectivity index (χ2n) is 9.88. The molecule has 0 heterocycles. The van der Waals surface area contributed by atoms with Gasteiger partial charge in [-0.05, 0) is 85.3 Å². The van der Waals surface area contributed by atoms with E-state index in [-0.39, 0.29) is 0 Å². The molecule has 0 aliphatic heterocycles. The molecule has 1 aliphatic rings. The molecule has 1 unspecified atom stereocenters. The summed E-state index contributed by atoms with van der Waals surface area (Å²) in [5, 5.41) is 9.54. The van der Waals surface area contributed by atoms with Crippen molar-refractivity contribution >= 4 is 5.97 Å². The fourth-order valence-corrected chi connectivity index (χ4v) is 4.94. The van der Waals surface area contributed by atoms with Gasteiger partial charge in [-0.2, -0.15) is 5.26 Å². The number of hydrogen-bond acceptors (Lipinski definition) is 3. The number of carbonyl (C=O) groups is 1. The lowest BCUT2D eigenvalue weighted by molar-refractivity contribution is 0.0734. The molecule has 3 nitrogen and oxygen atoms in total. The lowest BCUT2D eigenvalue weighted by atomic mass is 9.77. The summed E-state index contributed by atoms with van der Waals surface area (Å²) in [7, 11) is 0. The monoisotopic (exact) mass is 445 g/mol. The summed E-state index contributed by atoms with van der Waals surface area (Å²) in [6.07, 6.45) is 12.6. The van der Waals surface area contributed by atoms with Gasteiger partial charge in [-0.15, -0.1) is 0 Å². The molecule has 2 aromatic rings. The molecular formula is C30H39NO2. The van der Waals surface area contributed by atoms with Crippen LogP contribution in [0.3, 0.4) is 0 Å². The number of carbonyl (C=O) groups excluding carboxylic acids is 1. The van der Waals surface area contributed by atoms with Gasteiger partial charge in [-0.25, -0.2) is 4.79 Å². The van der Waals surface area contributed by atoms with Crippen molar-refractivity contribution in [2.75, 3.05) is 0 Å². The maximum Gasteiger partial charge on any atom is 0.343 e. The smallest absolute Gasteiger partial charge is 0.343 e. The maximum atomic E-state index is 12.7. The van der Waals surface area contributed by atoms with Crippen molar-refractivity contribution in [2.24, 2.45) is 11.8 Å². The minimum absolute atomic E-state index is 0.334. The Morgan fingerprint density at radius 3 is 2.42 bits per heavy atom. The van der Waals surface area contributed by atoms with Crippen molar-refractivity contribution in [2.45, 2.75) is 90.9 Å². The number of nitriles is 1. The molecule has 1 atom stereocenters. The van der Waals surface area contributed by atoms with E-state index in [0.717, 1.165) is 24.3 Å². The Kier molecular flexibility index (Phi) is 9.55. The van der Waals surface area contributed by atoms with Gasteiger partial charge in [0.2, 0.25) is 0 Å². The lowest BCUT2D eigenvalue weighted by Crippen LogP contribution is -2.14. The van der Waals surface area contributed by atoms with Gasteiger partial charge >= 0.3 is 5.97 Å². The predicted molar refractivity (Wildman–Crippen MR) is 135 cm³/mol. The summed E-state index contributed by atoms with van der Waals surface area (Å²) in [4.78, 5) is 12.7. The fraction of sp³-hybridized carbons (Fsp3) is 0.533. The standard InChI is InChI=1S/C30H39NO2/c1-4-6-7-8-23-9-12-25(13-10-23)26-14-16-27(17-15-26)30(32)33-29-18-11-24(19-22(3)5-2)20-28(29)21-31/h11,14-18,20,22-23,25H,4-10,12-13,19H2,1-3H3. The van der Waals surface area contributed by atoms with Crippen molar-refractivity contribution in [3.63, 3.8) is 0 Å². The molecule has 1 aliphatic carbocycles. The third kappa shape index (κ3) is 7.19. The minimum atomic E-state index is -0.410. The van der Waals surface area contributed by atoms with Gasteiger partial charge in [0.15, 0.2) is 0 Å². The highest BCUT2D eigenvalue weighted by molar-refractivity contribution is 5.91. The largest absolute Gasteiger partial charge is 0.422 e. The Hall–Kier alpha value is -2.60. The SMILES string of the molecule is CCCCCC1CCC(c2ccc(C(=O)Oc3ccc(CC(C)CC)cc3C#N)cc2)CC1. The van der Waals surface area contributed by atoms with Crippen LogP contribution in [0.2, 0.25) is 0 Å². The average molecular weight is 446 g/mol. The zero-order valence-corrected chi connectivity index (χ0v) is 20.6. The molecule has 0 spiro atoms. The van der Waals surface area contributed by atoms with E-state index >= 15 is 0 Å². The van der Waals surface area contributed by atoms with E-state index in [9.17, 15) is 10.1 Å². The molecule has 0 bridgehead atoms. The molecule has 1 fully saturated rings. The van der Waals surface area contributed by atoms with Crippen LogP contribution in [0.1, 0.15) is 112 Å². The van der Waals surface area contributed by atoms with E-state index in [1.54, 1.807) is 6.07 Å². The summed E-state index contributed by atoms with van der Waals surface area (Å²) < 4.78 is 5.59. The number of unbranched alkanes of at least 4 members (excludes halogenated alkanes) is 2. The van der Waals surface area contributed by atoms with Gasteiger partial charge in [-0.1, -0.05) is 71.1 Å². The number of hydrogen-bond donors (Lipinski definition) is 0. The number of rotatable bonds is 10. The van der Waals surface area contributed by atoms with Gasteiger partial charge in [0.05, 0.1) is 11.1 Å². The fourth-order valence-electron chi connectivity index (χ4n) is 4.94. The summed E-state index contributed by atoms with van der Waals surface area (Å²) >= 11 is 0. The normalized spacial score (nSPS) is 19.0. The molecule has 0 N–H and O–H groups in total. The minimum Gasteiger partial charge on any atom is -0.422 e. The molecule has 33 heavy (non-hydrogen) atoms. The van der Waals surface area contributed by atoms with Gasteiger partial charge in [0, 0.05) is 0 Å². The third-order valence-electron chi connectivity index (χ3n) is 7.33. The molecule has 3 rings (SSSR count). The van der Waals surface area contributed by atoms with E-state index in [1.165, 1.54) is 56.9 Å². The molecule has 0 amide bonds. The van der Waals surface area contributed by atoms with Crippen LogP contribution in [-0.2, 0) is 6.42 Å². The highest BCUT2D eigenvalue weighted by Crippen LogP contribution is 2.37. The zero-order valence-electron chi connectivity index (χ0n) is 20.6.